The third kappa shape index (κ3) is 16.0. The number of ether oxygens (including phenoxy) is 2. The van der Waals surface area contributed by atoms with Gasteiger partial charge in [0, 0.05) is 26.9 Å². The van der Waals surface area contributed by atoms with Gasteiger partial charge in [0.2, 0.25) is 11.8 Å². The molecule has 0 aliphatic carbocycles. The third-order valence-corrected chi connectivity index (χ3v) is 3.82. The van der Waals surface area contributed by atoms with Crippen LogP contribution in [-0.2, 0) is 19.1 Å². The van der Waals surface area contributed by atoms with Crippen molar-refractivity contribution in [1.82, 2.24) is 9.80 Å². The molecule has 0 aromatic carbocycles. The van der Waals surface area contributed by atoms with E-state index < -0.39 is 24.0 Å². The van der Waals surface area contributed by atoms with Gasteiger partial charge in [0.1, 0.15) is 26.3 Å². The van der Waals surface area contributed by atoms with Crippen LogP contribution in [0.3, 0.4) is 0 Å². The van der Waals surface area contributed by atoms with Crippen molar-refractivity contribution in [3.63, 3.8) is 0 Å². The quantitative estimate of drug-likeness (QED) is 0.182. The van der Waals surface area contributed by atoms with Gasteiger partial charge in [-0.05, 0) is 0 Å². The number of nitrogens with zero attached hydrogens (tertiary/aromatic N) is 4. The molecule has 10 nitrogen and oxygen atoms in total. The molecule has 0 aromatic heterocycles. The van der Waals surface area contributed by atoms with Crippen molar-refractivity contribution in [2.75, 3.05) is 82.7 Å². The lowest BCUT2D eigenvalue weighted by molar-refractivity contribution is -0.870. The Labute approximate surface area is 214 Å². The molecular weight excluding hydrogens is 622 g/mol. The van der Waals surface area contributed by atoms with E-state index in [-0.39, 0.29) is 74.0 Å². The molecule has 0 spiro atoms. The van der Waals surface area contributed by atoms with Gasteiger partial charge in [-0.15, -0.1) is 0 Å². The van der Waals surface area contributed by atoms with Crippen LogP contribution >= 0.6 is 0 Å². The molecule has 178 valence electrons. The molecule has 30 heavy (non-hydrogen) atoms. The van der Waals surface area contributed by atoms with Crippen molar-refractivity contribution in [3.05, 3.63) is 0 Å². The average Bonchev–Trinajstić information content (AvgIpc) is 2.55. The van der Waals surface area contributed by atoms with Gasteiger partial charge >= 0.3 is 12.2 Å². The lowest BCUT2D eigenvalue weighted by Gasteiger charge is -2.24. The third-order valence-electron chi connectivity index (χ3n) is 3.82. The molecule has 12 heteroatoms. The number of quaternary nitrogens is 2. The van der Waals surface area contributed by atoms with Crippen LogP contribution in [0.2, 0.25) is 0 Å². The van der Waals surface area contributed by atoms with Crippen LogP contribution in [0.4, 0.5) is 9.59 Å². The first kappa shape index (κ1) is 33.9. The number of carbonyl (C=O) groups excluding carboxylic acids is 4. The smallest absolute Gasteiger partial charge is 0.416 e. The molecule has 0 fully saturated rings. The average molecular weight is 658 g/mol. The Hall–Kier alpha value is -0.740. The summed E-state index contributed by atoms with van der Waals surface area (Å²) in [6.45, 7) is 1.57. The fraction of sp³-hybridized carbons (Fsp3) is 0.778. The number of amides is 4. The zero-order valence-electron chi connectivity index (χ0n) is 19.2. The van der Waals surface area contributed by atoms with Gasteiger partial charge in [0.15, 0.2) is 0 Å². The Kier molecular flexibility index (Phi) is 17.1. The highest BCUT2D eigenvalue weighted by Gasteiger charge is 2.23. The van der Waals surface area contributed by atoms with Crippen LogP contribution in [0.5, 0.6) is 0 Å². The molecule has 4 amide bonds. The van der Waals surface area contributed by atoms with Crippen molar-refractivity contribution in [2.45, 2.75) is 12.8 Å². The topological polar surface area (TPSA) is 93.2 Å². The first-order chi connectivity index (χ1) is 12.6. The van der Waals surface area contributed by atoms with Crippen LogP contribution in [0.25, 0.3) is 0 Å². The van der Waals surface area contributed by atoms with Crippen LogP contribution in [0, 0.1) is 0 Å². The number of imide groups is 2. The zero-order chi connectivity index (χ0) is 22.1. The minimum Gasteiger partial charge on any atom is -1.00 e. The van der Waals surface area contributed by atoms with Crippen LogP contribution in [-0.4, -0.2) is 125 Å². The summed E-state index contributed by atoms with van der Waals surface area (Å²) in [5.74, 6) is -1.12. The van der Waals surface area contributed by atoms with E-state index in [0.29, 0.717) is 22.1 Å². The molecule has 0 saturated carbocycles. The largest absolute Gasteiger partial charge is 1.00 e. The van der Waals surface area contributed by atoms with E-state index in [1.807, 2.05) is 42.3 Å². The van der Waals surface area contributed by atoms with E-state index in [1.54, 1.807) is 0 Å². The number of likely N-dealkylation sites (N-methyl/N-ethyl adjacent to an activating group) is 2. The van der Waals surface area contributed by atoms with Crippen LogP contribution in [0.1, 0.15) is 12.8 Å². The Morgan fingerprint density at radius 3 is 1.13 bits per heavy atom. The summed E-state index contributed by atoms with van der Waals surface area (Å²) in [4.78, 5) is 49.5. The number of hydrogen-bond acceptors (Lipinski definition) is 6. The Morgan fingerprint density at radius 1 is 0.633 bits per heavy atom. The molecule has 0 saturated heterocycles. The van der Waals surface area contributed by atoms with E-state index in [9.17, 15) is 19.2 Å². The van der Waals surface area contributed by atoms with Crippen molar-refractivity contribution in [2.24, 2.45) is 0 Å². The summed E-state index contributed by atoms with van der Waals surface area (Å²) in [5, 5.41) is 0. The van der Waals surface area contributed by atoms with Gasteiger partial charge in [-0.25, -0.2) is 9.59 Å². The number of rotatable bonds is 9. The SMILES string of the molecule is CN(C(=O)CCC(=O)N(C)C(=O)OCC[N+](C)(C)C)C(=O)OCC[N+](C)(C)C.[I-].[I-]. The molecule has 0 aromatic rings. The van der Waals surface area contributed by atoms with Gasteiger partial charge < -0.3 is 66.4 Å². The van der Waals surface area contributed by atoms with Crippen LogP contribution in [0.15, 0.2) is 0 Å². The molecule has 0 aliphatic rings. The summed E-state index contributed by atoms with van der Waals surface area (Å²) in [5.41, 5.74) is 0. The highest BCUT2D eigenvalue weighted by atomic mass is 127. The maximum absolute atomic E-state index is 12.1. The normalized spacial score (nSPS) is 10.8. The molecule has 0 radical (unpaired) electrons. The summed E-state index contributed by atoms with van der Waals surface area (Å²) < 4.78 is 11.3. The standard InChI is InChI=1S/C18H36N4O6.2HI/c1-19(17(25)27-13-11-21(3,4)5)15(23)9-10-16(24)20(2)18(26)28-14-12-22(6,7)8;;/h9-14H2,1-8H3;2*1H/q+2;;/p-2. The van der Waals surface area contributed by atoms with E-state index in [1.165, 1.54) is 14.1 Å². The fourth-order valence-electron chi connectivity index (χ4n) is 1.76. The van der Waals surface area contributed by atoms with Crippen molar-refractivity contribution < 1.29 is 85.6 Å². The number of hydrogen-bond donors (Lipinski definition) is 0. The molecular formula is C18H36I2N4O6. The second-order valence-electron chi connectivity index (χ2n) is 8.66. The van der Waals surface area contributed by atoms with E-state index in [4.69, 9.17) is 9.47 Å². The van der Waals surface area contributed by atoms with Gasteiger partial charge in [-0.1, -0.05) is 0 Å². The van der Waals surface area contributed by atoms with E-state index in [0.717, 1.165) is 9.80 Å². The van der Waals surface area contributed by atoms with E-state index in [2.05, 4.69) is 0 Å². The first-order valence-corrected chi connectivity index (χ1v) is 9.11. The van der Waals surface area contributed by atoms with Gasteiger partial charge in [0.05, 0.1) is 42.3 Å². The maximum atomic E-state index is 12.1. The van der Waals surface area contributed by atoms with Crippen LogP contribution < -0.4 is 48.0 Å². The van der Waals surface area contributed by atoms with Gasteiger partial charge in [-0.2, -0.15) is 0 Å². The lowest BCUT2D eigenvalue weighted by atomic mass is 10.2. The Bertz CT molecular complexity index is 526. The Morgan fingerprint density at radius 2 is 0.900 bits per heavy atom. The maximum Gasteiger partial charge on any atom is 0.416 e. The molecule has 0 bridgehead atoms. The first-order valence-electron chi connectivity index (χ1n) is 9.11. The predicted molar refractivity (Wildman–Crippen MR) is 103 cm³/mol. The van der Waals surface area contributed by atoms with Crippen molar-refractivity contribution >= 4 is 24.0 Å². The predicted octanol–water partition coefficient (Wildman–Crippen LogP) is -5.62. The second kappa shape index (κ2) is 15.1. The molecule has 0 aliphatic heterocycles. The minimum absolute atomic E-state index is 0. The summed E-state index contributed by atoms with van der Waals surface area (Å²) in [6, 6.07) is 0. The summed E-state index contributed by atoms with van der Waals surface area (Å²) in [7, 11) is 14.3. The van der Waals surface area contributed by atoms with E-state index >= 15 is 0 Å². The summed E-state index contributed by atoms with van der Waals surface area (Å²) in [6.07, 6.45) is -1.95. The minimum atomic E-state index is -0.765. The highest BCUT2D eigenvalue weighted by Crippen LogP contribution is 2.04. The molecule has 0 unspecified atom stereocenters. The monoisotopic (exact) mass is 658 g/mol. The molecule has 0 heterocycles. The second-order valence-corrected chi connectivity index (χ2v) is 8.66. The lowest BCUT2D eigenvalue weighted by Crippen LogP contribution is -3.00. The fourth-order valence-corrected chi connectivity index (χ4v) is 1.76. The molecule has 0 rings (SSSR count). The highest BCUT2D eigenvalue weighted by molar-refractivity contribution is 5.96. The van der Waals surface area contributed by atoms with Crippen molar-refractivity contribution in [1.29, 1.82) is 0 Å². The number of carbonyl (C=O) groups is 4. The number of halogens is 2. The van der Waals surface area contributed by atoms with Gasteiger partial charge in [0.25, 0.3) is 0 Å². The van der Waals surface area contributed by atoms with Gasteiger partial charge in [-0.3, -0.25) is 19.4 Å². The Balaban J connectivity index is -0.00000364. The zero-order valence-corrected chi connectivity index (χ0v) is 23.6. The van der Waals surface area contributed by atoms with Crippen molar-refractivity contribution in [3.8, 4) is 0 Å². The summed E-state index contributed by atoms with van der Waals surface area (Å²) >= 11 is 0. The molecule has 0 atom stereocenters. The molecule has 0 N–H and O–H groups in total.